The number of carbonyl (C=O) groups is 4. The van der Waals surface area contributed by atoms with Gasteiger partial charge in [0.2, 0.25) is 30.1 Å². The number of pyridine rings is 4. The minimum atomic E-state index is -3.20. The number of H-pyrrole nitrogens is 4. The first-order valence-electron chi connectivity index (χ1n) is 37.5. The molecule has 1 unspecified atom stereocenters. The number of esters is 4. The van der Waals surface area contributed by atoms with Crippen molar-refractivity contribution in [2.45, 2.75) is 148 Å². The molecule has 11 N–H and O–H groups in total. The Hall–Kier alpha value is -8.52. The van der Waals surface area contributed by atoms with Crippen molar-refractivity contribution in [3.63, 3.8) is 0 Å². The van der Waals surface area contributed by atoms with Crippen LogP contribution in [0.2, 0.25) is 0 Å². The monoisotopic (exact) mass is 1610 g/mol. The Balaban J connectivity index is 0.000000169. The second-order valence-corrected chi connectivity index (χ2v) is 36.3. The Labute approximate surface area is 643 Å². The lowest BCUT2D eigenvalue weighted by Gasteiger charge is -2.36. The Bertz CT molecular complexity index is 4870. The van der Waals surface area contributed by atoms with Crippen LogP contribution >= 0.6 is 0 Å². The highest BCUT2D eigenvalue weighted by molar-refractivity contribution is 7.98. The van der Waals surface area contributed by atoms with Crippen LogP contribution < -0.4 is 39.7 Å². The largest absolute Gasteiger partial charge is 0.465 e. The van der Waals surface area contributed by atoms with Crippen molar-refractivity contribution in [3.8, 4) is 0 Å². The van der Waals surface area contributed by atoms with Gasteiger partial charge >= 0.3 is 23.9 Å². The third kappa shape index (κ3) is 23.1. The number of aromatic amines is 4. The molecule has 0 saturated heterocycles. The number of alkyl halides is 1. The summed E-state index contributed by atoms with van der Waals surface area (Å²) >= 11 is 0. The van der Waals surface area contributed by atoms with Crippen molar-refractivity contribution < 1.29 is 72.0 Å². The van der Waals surface area contributed by atoms with Gasteiger partial charge in [-0.25, -0.2) is 87.6 Å². The van der Waals surface area contributed by atoms with Gasteiger partial charge < -0.3 is 59.7 Å². The van der Waals surface area contributed by atoms with Crippen molar-refractivity contribution >= 4 is 136 Å². The number of halogens is 1. The van der Waals surface area contributed by atoms with Crippen molar-refractivity contribution in [1.29, 1.82) is 0 Å². The van der Waals surface area contributed by atoms with Gasteiger partial charge in [-0.3, -0.25) is 4.21 Å². The molecule has 31 nitrogen and oxygen atoms in total. The molecule has 8 aromatic rings. The Morgan fingerprint density at radius 1 is 0.473 bits per heavy atom. The number of nitrogens with zero attached hydrogens (tertiary/aromatic N) is 5. The van der Waals surface area contributed by atoms with Gasteiger partial charge in [-0.2, -0.15) is 0 Å². The third-order valence-corrected chi connectivity index (χ3v) is 27.3. The number of aromatic nitrogens is 8. The molecule has 110 heavy (non-hydrogen) atoms. The van der Waals surface area contributed by atoms with Crippen molar-refractivity contribution in [2.24, 2.45) is 23.7 Å². The van der Waals surface area contributed by atoms with Crippen molar-refractivity contribution in [3.05, 3.63) is 96.1 Å². The van der Waals surface area contributed by atoms with Crippen LogP contribution in [0.25, 0.3) is 44.1 Å². The number of carbonyl (C=O) groups excluding carboxylic acids is 4. The highest BCUT2D eigenvalue weighted by Gasteiger charge is 2.34. The predicted octanol–water partition coefficient (Wildman–Crippen LogP) is 9.31. The van der Waals surface area contributed by atoms with Gasteiger partial charge in [0.15, 0.2) is 0 Å². The maximum absolute atomic E-state index is 12.4. The van der Waals surface area contributed by atoms with E-state index in [0.29, 0.717) is 76.2 Å². The molecular weight excluding hydrogens is 1500 g/mol. The number of nitrogens with one attached hydrogen (secondary N) is 11. The Morgan fingerprint density at radius 2 is 0.809 bits per heavy atom. The van der Waals surface area contributed by atoms with Crippen LogP contribution in [0, 0.1) is 23.7 Å². The van der Waals surface area contributed by atoms with E-state index in [2.05, 4.69) is 85.5 Å². The molecule has 0 amide bonds. The Morgan fingerprint density at radius 3 is 1.17 bits per heavy atom. The van der Waals surface area contributed by atoms with E-state index in [4.69, 9.17) is 18.9 Å². The summed E-state index contributed by atoms with van der Waals surface area (Å²) in [5.41, 5.74) is 7.29. The quantitative estimate of drug-likeness (QED) is 0.0118. The van der Waals surface area contributed by atoms with Crippen LogP contribution in [-0.4, -0.2) is 215 Å². The average Bonchev–Trinajstić information content (AvgIpc) is 1.50. The summed E-state index contributed by atoms with van der Waals surface area (Å²) in [6, 6.07) is 8.29. The molecule has 604 valence electrons. The summed E-state index contributed by atoms with van der Waals surface area (Å²) in [6.45, 7) is 5.50. The smallest absolute Gasteiger partial charge is 0.341 e. The minimum absolute atomic E-state index is 0.162. The summed E-state index contributed by atoms with van der Waals surface area (Å²) in [5.74, 6) is 3.90. The lowest BCUT2D eigenvalue weighted by atomic mass is 9.86. The number of sulfonamides is 3. The van der Waals surface area contributed by atoms with Gasteiger partial charge in [0.25, 0.3) is 0 Å². The number of rotatable bonds is 29. The fourth-order valence-corrected chi connectivity index (χ4v) is 20.5. The highest BCUT2D eigenvalue weighted by atomic mass is 32.2. The molecule has 0 bridgehead atoms. The summed E-state index contributed by atoms with van der Waals surface area (Å²) in [7, 11) is -3.98. The van der Waals surface area contributed by atoms with Crippen molar-refractivity contribution in [1.82, 2.24) is 58.8 Å². The summed E-state index contributed by atoms with van der Waals surface area (Å²) in [6.07, 6.45) is 27.0. The van der Waals surface area contributed by atoms with Gasteiger partial charge in [0.05, 0.1) is 60.8 Å². The van der Waals surface area contributed by atoms with Gasteiger partial charge in [0.1, 0.15) is 58.1 Å². The van der Waals surface area contributed by atoms with E-state index < -0.39 is 70.3 Å². The fraction of sp³-hybridized carbons (Fsp3) is 0.554. The first-order valence-corrected chi connectivity index (χ1v) is 44.3. The summed E-state index contributed by atoms with van der Waals surface area (Å²) in [5, 5.41) is 13.8. The standard InChI is InChI=1S/C19H27FN4O3S.2C19H28N4O4S.C17H24N4O4S/c1-21-28(2,26)12-13-3-5-14(6-4-13)24-17-15-7-9-22-18(15)23-11-16(17)19(25)27-10-8-20;1-4-22-28(25,26)12-13-5-7-14(8-6-13)23(2)17-15-9-10-20-18(15)21-11-16(17)19(24)27-3;1-3-22-28(25,26)12-13-5-7-14(8-6-13)23-17-15-9-10-20-18(15)21-11-16(17)19(24)27-4-2;1-18-26(23,24)10-11-3-5-12(6-4-11)21-15-13-7-8-19-16(13)20-9-14(15)17(22)25-2/h7,9,11,13-14H,2-6,8,10,12H2,1H3,(H,21,26)(H2,22,23,24);9-11,13-14,22H,4-8,12H2,1-3H3,(H,20,21);9-11,13-14,22H,3-8,12H2,1-2H3,(H2,20,21,23);7-9,11-12,18H,3-6,10H2,1-2H3,(H2,19,20,21). The maximum Gasteiger partial charge on any atom is 0.341 e. The molecule has 4 aliphatic carbocycles. The topological polar surface area (TPSA) is 427 Å². The van der Waals surface area contributed by atoms with E-state index in [1.807, 2.05) is 31.3 Å². The number of fused-ring (bicyclic) bond motifs is 4. The number of ether oxygens (including phenoxy) is 4. The first-order chi connectivity index (χ1) is 52.7. The molecule has 0 spiro atoms. The van der Waals surface area contributed by atoms with Gasteiger partial charge in [-0.1, -0.05) is 13.8 Å². The highest BCUT2D eigenvalue weighted by Crippen LogP contribution is 2.39. The van der Waals surface area contributed by atoms with Crippen LogP contribution in [0.4, 0.5) is 27.1 Å². The van der Waals surface area contributed by atoms with Crippen LogP contribution in [0.3, 0.4) is 0 Å². The van der Waals surface area contributed by atoms with E-state index in [-0.39, 0.29) is 65.8 Å². The van der Waals surface area contributed by atoms with E-state index in [1.165, 1.54) is 39.9 Å². The number of anilines is 4. The molecule has 4 fully saturated rings. The molecule has 0 aromatic carbocycles. The zero-order valence-electron chi connectivity index (χ0n) is 63.8. The van der Waals surface area contributed by atoms with Crippen molar-refractivity contribution in [2.75, 3.05) is 112 Å². The fourth-order valence-electron chi connectivity index (χ4n) is 15.1. The normalized spacial score (nSPS) is 20.8. The molecule has 36 heteroatoms. The van der Waals surface area contributed by atoms with Crippen LogP contribution in [0.1, 0.15) is 165 Å². The molecule has 0 radical (unpaired) electrons. The van der Waals surface area contributed by atoms with Crippen LogP contribution in [0.5, 0.6) is 0 Å². The van der Waals surface area contributed by atoms with Gasteiger partial charge in [-0.15, -0.1) is 0 Å². The number of methoxy groups -OCH3 is 2. The predicted molar refractivity (Wildman–Crippen MR) is 428 cm³/mol. The number of hydrogen-bond acceptors (Lipinski definition) is 23. The molecule has 4 saturated carbocycles. The molecule has 4 aliphatic rings. The van der Waals surface area contributed by atoms with Crippen LogP contribution in [0.15, 0.2) is 73.8 Å². The van der Waals surface area contributed by atoms with Gasteiger partial charge in [0, 0.05) is 131 Å². The minimum Gasteiger partial charge on any atom is -0.465 e. The second-order valence-electron chi connectivity index (χ2n) is 28.2. The molecule has 1 atom stereocenters. The van der Waals surface area contributed by atoms with E-state index >= 15 is 0 Å². The molecule has 8 aromatic heterocycles. The maximum atomic E-state index is 12.4. The summed E-state index contributed by atoms with van der Waals surface area (Å²) < 4.78 is 126. The van der Waals surface area contributed by atoms with Gasteiger partial charge in [-0.05, 0) is 178 Å². The summed E-state index contributed by atoms with van der Waals surface area (Å²) in [4.78, 5) is 80.6. The lowest BCUT2D eigenvalue weighted by Crippen LogP contribution is -2.38. The molecule has 12 rings (SSSR count). The molecular formula is C74H107FN16O15S4. The molecule has 8 heterocycles. The third-order valence-electron chi connectivity index (χ3n) is 20.7. The zero-order valence-corrected chi connectivity index (χ0v) is 67.1. The zero-order chi connectivity index (χ0) is 79.3. The number of hydrogen-bond donors (Lipinski definition) is 11. The van der Waals surface area contributed by atoms with E-state index in [0.717, 1.165) is 147 Å². The average molecular weight is 1610 g/mol. The lowest BCUT2D eigenvalue weighted by molar-refractivity contribution is 0.0479. The van der Waals surface area contributed by atoms with Crippen LogP contribution in [-0.2, 0) is 58.7 Å². The molecule has 0 aliphatic heterocycles. The van der Waals surface area contributed by atoms with E-state index in [9.17, 15) is 53.0 Å². The second kappa shape index (κ2) is 39.6. The Kier molecular flexibility index (Phi) is 30.8. The SMILES string of the molecule is C=S(=O)(CC1CCC(Nc2c(C(=O)OCCF)cnc3[nH]ccc23)CC1)NC.CCNS(=O)(=O)CC1CCC(N(C)c2c(C(=O)OC)cnc3[nH]ccc23)CC1.CCNS(=O)(=O)CC1CCC(Nc2c(C(=O)OCC)cnc3[nH]ccc23)CC1.CNS(=O)(=O)CC1CCC(Nc2c(C(=O)OC)cnc3[nH]ccc23)CC1. The first kappa shape index (κ1) is 85.5. The van der Waals surface area contributed by atoms with E-state index in [1.54, 1.807) is 58.8 Å².